The standard InChI is InChI=1S/C15H29N3O2/c1-4-5-12-6-8-18(9-7-12)13(19)10-17-15(20)14(16)11(2)3/h11-12,14H,4-10,16H2,1-3H3,(H,17,20)/t14-/m0/s1. The summed E-state index contributed by atoms with van der Waals surface area (Å²) < 4.78 is 0. The third-order valence-corrected chi connectivity index (χ3v) is 4.10. The Labute approximate surface area is 122 Å². The Morgan fingerprint density at radius 3 is 2.40 bits per heavy atom. The van der Waals surface area contributed by atoms with E-state index in [1.807, 2.05) is 18.7 Å². The number of carbonyl (C=O) groups excluding carboxylic acids is 2. The summed E-state index contributed by atoms with van der Waals surface area (Å²) in [6.45, 7) is 7.68. The quantitative estimate of drug-likeness (QED) is 0.767. The van der Waals surface area contributed by atoms with E-state index in [0.717, 1.165) is 31.8 Å². The van der Waals surface area contributed by atoms with Crippen LogP contribution in [-0.4, -0.2) is 42.4 Å². The van der Waals surface area contributed by atoms with Gasteiger partial charge in [0.2, 0.25) is 11.8 Å². The average molecular weight is 283 g/mol. The molecule has 3 N–H and O–H groups in total. The lowest BCUT2D eigenvalue weighted by molar-refractivity contribution is -0.134. The third kappa shape index (κ3) is 5.12. The Balaban J connectivity index is 2.29. The van der Waals surface area contributed by atoms with Crippen molar-refractivity contribution in [2.75, 3.05) is 19.6 Å². The van der Waals surface area contributed by atoms with Gasteiger partial charge in [0.1, 0.15) is 0 Å². The SMILES string of the molecule is CCCC1CCN(C(=O)CNC(=O)[C@@H](N)C(C)C)CC1. The Kier molecular flexibility index (Phi) is 6.99. The number of amides is 2. The summed E-state index contributed by atoms with van der Waals surface area (Å²) in [4.78, 5) is 25.6. The summed E-state index contributed by atoms with van der Waals surface area (Å²) in [6, 6.07) is -0.543. The molecule has 0 aromatic carbocycles. The van der Waals surface area contributed by atoms with Gasteiger partial charge in [0, 0.05) is 13.1 Å². The van der Waals surface area contributed by atoms with Crippen molar-refractivity contribution < 1.29 is 9.59 Å². The summed E-state index contributed by atoms with van der Waals surface area (Å²) in [6.07, 6.45) is 4.63. The largest absolute Gasteiger partial charge is 0.346 e. The molecule has 1 rings (SSSR count). The number of rotatable bonds is 6. The second kappa shape index (κ2) is 8.25. The van der Waals surface area contributed by atoms with Gasteiger partial charge in [0.25, 0.3) is 0 Å². The summed E-state index contributed by atoms with van der Waals surface area (Å²) in [5.74, 6) is 0.598. The number of hydrogen-bond donors (Lipinski definition) is 2. The van der Waals surface area contributed by atoms with Gasteiger partial charge in [-0.2, -0.15) is 0 Å². The van der Waals surface area contributed by atoms with E-state index in [1.54, 1.807) is 0 Å². The van der Waals surface area contributed by atoms with E-state index >= 15 is 0 Å². The van der Waals surface area contributed by atoms with Crippen LogP contribution >= 0.6 is 0 Å². The molecule has 1 saturated heterocycles. The highest BCUT2D eigenvalue weighted by Crippen LogP contribution is 2.21. The Bertz CT molecular complexity index is 323. The maximum Gasteiger partial charge on any atom is 0.241 e. The van der Waals surface area contributed by atoms with Crippen molar-refractivity contribution in [3.8, 4) is 0 Å². The number of hydrogen-bond acceptors (Lipinski definition) is 3. The van der Waals surface area contributed by atoms with Crippen molar-refractivity contribution in [3.63, 3.8) is 0 Å². The highest BCUT2D eigenvalue weighted by atomic mass is 16.2. The molecule has 1 aliphatic heterocycles. The van der Waals surface area contributed by atoms with E-state index in [-0.39, 0.29) is 24.3 Å². The number of piperidine rings is 1. The van der Waals surface area contributed by atoms with Crippen molar-refractivity contribution in [2.45, 2.75) is 52.5 Å². The van der Waals surface area contributed by atoms with E-state index in [2.05, 4.69) is 12.2 Å². The van der Waals surface area contributed by atoms with Gasteiger partial charge in [-0.25, -0.2) is 0 Å². The molecule has 0 aromatic heterocycles. The third-order valence-electron chi connectivity index (χ3n) is 4.10. The van der Waals surface area contributed by atoms with Crippen LogP contribution < -0.4 is 11.1 Å². The minimum atomic E-state index is -0.543. The summed E-state index contributed by atoms with van der Waals surface area (Å²) in [5.41, 5.74) is 5.74. The van der Waals surface area contributed by atoms with Crippen LogP contribution in [0.2, 0.25) is 0 Å². The lowest BCUT2D eigenvalue weighted by atomic mass is 9.92. The fraction of sp³-hybridized carbons (Fsp3) is 0.867. The van der Waals surface area contributed by atoms with Crippen LogP contribution in [0.4, 0.5) is 0 Å². The molecule has 5 nitrogen and oxygen atoms in total. The van der Waals surface area contributed by atoms with Gasteiger partial charge in [0.05, 0.1) is 12.6 Å². The zero-order valence-corrected chi connectivity index (χ0v) is 13.0. The molecule has 1 fully saturated rings. The minimum absolute atomic E-state index is 0.00394. The normalized spacial score (nSPS) is 18.1. The zero-order valence-electron chi connectivity index (χ0n) is 13.0. The van der Waals surface area contributed by atoms with Crippen LogP contribution in [0, 0.1) is 11.8 Å². The smallest absolute Gasteiger partial charge is 0.241 e. The Morgan fingerprint density at radius 1 is 1.30 bits per heavy atom. The fourth-order valence-electron chi connectivity index (χ4n) is 2.57. The predicted molar refractivity (Wildman–Crippen MR) is 80.0 cm³/mol. The number of carbonyl (C=O) groups is 2. The molecule has 116 valence electrons. The molecular formula is C15H29N3O2. The van der Waals surface area contributed by atoms with Gasteiger partial charge in [-0.15, -0.1) is 0 Å². The number of nitrogens with zero attached hydrogens (tertiary/aromatic N) is 1. The van der Waals surface area contributed by atoms with Crippen LogP contribution in [0.1, 0.15) is 46.5 Å². The van der Waals surface area contributed by atoms with Crippen LogP contribution in [0.15, 0.2) is 0 Å². The molecule has 0 radical (unpaired) electrons. The maximum atomic E-state index is 12.0. The van der Waals surface area contributed by atoms with Crippen LogP contribution in [0.5, 0.6) is 0 Å². The molecule has 1 atom stereocenters. The summed E-state index contributed by atoms with van der Waals surface area (Å²) >= 11 is 0. The van der Waals surface area contributed by atoms with E-state index in [9.17, 15) is 9.59 Å². The molecule has 0 bridgehead atoms. The predicted octanol–water partition coefficient (Wildman–Crippen LogP) is 1.12. The topological polar surface area (TPSA) is 75.4 Å². The molecular weight excluding hydrogens is 254 g/mol. The highest BCUT2D eigenvalue weighted by Gasteiger charge is 2.23. The molecule has 1 aliphatic rings. The molecule has 20 heavy (non-hydrogen) atoms. The Morgan fingerprint density at radius 2 is 1.90 bits per heavy atom. The molecule has 0 unspecified atom stereocenters. The zero-order chi connectivity index (χ0) is 15.1. The second-order valence-corrected chi connectivity index (χ2v) is 6.10. The summed E-state index contributed by atoms with van der Waals surface area (Å²) in [7, 11) is 0. The van der Waals surface area contributed by atoms with Crippen molar-refractivity contribution >= 4 is 11.8 Å². The van der Waals surface area contributed by atoms with Crippen LogP contribution in [0.3, 0.4) is 0 Å². The van der Waals surface area contributed by atoms with E-state index in [4.69, 9.17) is 5.73 Å². The first-order valence-corrected chi connectivity index (χ1v) is 7.76. The average Bonchev–Trinajstić information content (AvgIpc) is 2.44. The molecule has 0 spiro atoms. The number of likely N-dealkylation sites (tertiary alicyclic amines) is 1. The van der Waals surface area contributed by atoms with Crippen LogP contribution in [0.25, 0.3) is 0 Å². The van der Waals surface area contributed by atoms with Crippen molar-refractivity contribution in [2.24, 2.45) is 17.6 Å². The highest BCUT2D eigenvalue weighted by molar-refractivity contribution is 5.87. The lowest BCUT2D eigenvalue weighted by Crippen LogP contribution is -2.49. The van der Waals surface area contributed by atoms with E-state index < -0.39 is 6.04 Å². The van der Waals surface area contributed by atoms with Crippen molar-refractivity contribution in [1.29, 1.82) is 0 Å². The monoisotopic (exact) mass is 283 g/mol. The number of nitrogens with one attached hydrogen (secondary N) is 1. The lowest BCUT2D eigenvalue weighted by Gasteiger charge is -2.32. The van der Waals surface area contributed by atoms with Gasteiger partial charge >= 0.3 is 0 Å². The number of nitrogens with two attached hydrogens (primary N) is 1. The van der Waals surface area contributed by atoms with Gasteiger partial charge in [-0.1, -0.05) is 33.6 Å². The minimum Gasteiger partial charge on any atom is -0.346 e. The molecule has 0 aliphatic carbocycles. The van der Waals surface area contributed by atoms with Crippen molar-refractivity contribution in [3.05, 3.63) is 0 Å². The van der Waals surface area contributed by atoms with Crippen LogP contribution in [-0.2, 0) is 9.59 Å². The van der Waals surface area contributed by atoms with Gasteiger partial charge in [-0.3, -0.25) is 9.59 Å². The van der Waals surface area contributed by atoms with Gasteiger partial charge in [0.15, 0.2) is 0 Å². The Hall–Kier alpha value is -1.10. The first-order valence-electron chi connectivity index (χ1n) is 7.76. The molecule has 5 heteroatoms. The first-order chi connectivity index (χ1) is 9.45. The molecule has 1 heterocycles. The molecule has 0 saturated carbocycles. The van der Waals surface area contributed by atoms with Crippen molar-refractivity contribution in [1.82, 2.24) is 10.2 Å². The van der Waals surface area contributed by atoms with E-state index in [0.29, 0.717) is 0 Å². The fourth-order valence-corrected chi connectivity index (χ4v) is 2.57. The summed E-state index contributed by atoms with van der Waals surface area (Å²) in [5, 5.41) is 2.64. The van der Waals surface area contributed by atoms with Gasteiger partial charge in [-0.05, 0) is 24.7 Å². The molecule has 2 amide bonds. The van der Waals surface area contributed by atoms with E-state index in [1.165, 1.54) is 12.8 Å². The second-order valence-electron chi connectivity index (χ2n) is 6.10. The first kappa shape index (κ1) is 17.0. The molecule has 0 aromatic rings. The van der Waals surface area contributed by atoms with Gasteiger partial charge < -0.3 is 16.0 Å². The maximum absolute atomic E-state index is 12.0.